The van der Waals surface area contributed by atoms with Crippen LogP contribution in [0.4, 0.5) is 4.39 Å². The molecule has 1 aromatic rings. The van der Waals surface area contributed by atoms with E-state index < -0.39 is 17.5 Å². The molecule has 2 rings (SSSR count). The summed E-state index contributed by atoms with van der Waals surface area (Å²) < 4.78 is 30.0. The predicted molar refractivity (Wildman–Crippen MR) is 84.5 cm³/mol. The molecule has 0 spiro atoms. The first-order valence-electron chi connectivity index (χ1n) is 7.26. The van der Waals surface area contributed by atoms with Crippen molar-refractivity contribution < 1.29 is 23.4 Å². The Hall–Kier alpha value is -1.27. The summed E-state index contributed by atoms with van der Waals surface area (Å²) in [4.78, 5) is 11.6. The highest BCUT2D eigenvalue weighted by molar-refractivity contribution is 6.29. The van der Waals surface area contributed by atoms with E-state index in [1.165, 1.54) is 12.1 Å². The molecular weight excluding hydrogens is 323 g/mol. The minimum atomic E-state index is -1.22. The Labute approximate surface area is 140 Å². The zero-order chi connectivity index (χ0) is 17.1. The summed E-state index contributed by atoms with van der Waals surface area (Å²) >= 11 is 5.86. The van der Waals surface area contributed by atoms with Crippen LogP contribution in [-0.4, -0.2) is 30.4 Å². The molecule has 6 heteroatoms. The van der Waals surface area contributed by atoms with Crippen molar-refractivity contribution in [3.05, 3.63) is 47.3 Å². The second kappa shape index (κ2) is 7.09. The van der Waals surface area contributed by atoms with Crippen LogP contribution in [0.25, 0.3) is 0 Å². The van der Waals surface area contributed by atoms with Gasteiger partial charge in [-0.15, -0.1) is 0 Å². The first-order valence-corrected chi connectivity index (χ1v) is 7.64. The summed E-state index contributed by atoms with van der Waals surface area (Å²) in [5.74, 6) is -1.22. The van der Waals surface area contributed by atoms with Crippen molar-refractivity contribution in [1.82, 2.24) is 0 Å². The van der Waals surface area contributed by atoms with Gasteiger partial charge in [0.25, 0.3) is 0 Å². The highest BCUT2D eigenvalue weighted by Crippen LogP contribution is 2.39. The van der Waals surface area contributed by atoms with Crippen LogP contribution < -0.4 is 0 Å². The predicted octanol–water partition coefficient (Wildman–Crippen LogP) is 3.57. The van der Waals surface area contributed by atoms with E-state index in [4.69, 9.17) is 25.8 Å². The lowest BCUT2D eigenvalue weighted by molar-refractivity contribution is -0.167. The Morgan fingerprint density at radius 3 is 2.65 bits per heavy atom. The summed E-state index contributed by atoms with van der Waals surface area (Å²) in [6.45, 7) is 7.49. The fourth-order valence-electron chi connectivity index (χ4n) is 2.62. The zero-order valence-electron chi connectivity index (χ0n) is 13.2. The van der Waals surface area contributed by atoms with Gasteiger partial charge in [-0.2, -0.15) is 0 Å². The second-order valence-electron chi connectivity index (χ2n) is 6.02. The van der Waals surface area contributed by atoms with Gasteiger partial charge in [0.15, 0.2) is 17.7 Å². The summed E-state index contributed by atoms with van der Waals surface area (Å²) in [7, 11) is 0. The van der Waals surface area contributed by atoms with Gasteiger partial charge in [-0.05, 0) is 31.5 Å². The van der Waals surface area contributed by atoms with E-state index in [9.17, 15) is 9.18 Å². The van der Waals surface area contributed by atoms with Crippen LogP contribution in [-0.2, 0) is 25.6 Å². The van der Waals surface area contributed by atoms with Crippen molar-refractivity contribution in [2.75, 3.05) is 6.61 Å². The Morgan fingerprint density at radius 1 is 1.43 bits per heavy atom. The van der Waals surface area contributed by atoms with Gasteiger partial charge in [0.2, 0.25) is 0 Å². The van der Waals surface area contributed by atoms with Crippen LogP contribution in [0.5, 0.6) is 0 Å². The molecule has 0 N–H and O–H groups in total. The molecule has 126 valence electrons. The fourth-order valence-corrected chi connectivity index (χ4v) is 2.83. The Morgan fingerprint density at radius 2 is 2.09 bits per heavy atom. The normalized spacial score (nSPS) is 26.2. The monoisotopic (exact) mass is 342 g/mol. The third-order valence-electron chi connectivity index (χ3n) is 3.53. The number of hydrogen-bond donors (Lipinski definition) is 0. The first kappa shape index (κ1) is 18.1. The van der Waals surface area contributed by atoms with E-state index in [2.05, 4.69) is 6.58 Å². The van der Waals surface area contributed by atoms with Crippen LogP contribution in [0, 0.1) is 5.82 Å². The average Bonchev–Trinajstić information content (AvgIpc) is 2.71. The lowest BCUT2D eigenvalue weighted by Gasteiger charge is -2.26. The lowest BCUT2D eigenvalue weighted by Crippen LogP contribution is -2.44. The van der Waals surface area contributed by atoms with Crippen molar-refractivity contribution in [3.63, 3.8) is 0 Å². The second-order valence-corrected chi connectivity index (χ2v) is 6.55. The average molecular weight is 343 g/mol. The molecule has 0 unspecified atom stereocenters. The van der Waals surface area contributed by atoms with Crippen LogP contribution in [0.1, 0.15) is 25.8 Å². The topological polar surface area (TPSA) is 44.8 Å². The zero-order valence-corrected chi connectivity index (χ0v) is 13.9. The maximum Gasteiger partial charge on any atom is 0.164 e. The van der Waals surface area contributed by atoms with Crippen molar-refractivity contribution in [2.45, 2.75) is 44.4 Å². The number of benzene rings is 1. The SMILES string of the molecule is C=C(Cl)C[C@]1(C=O)OC(C)(C)O[C@@H]1COCc1ccc(F)cc1. The van der Waals surface area contributed by atoms with E-state index in [-0.39, 0.29) is 25.5 Å². The quantitative estimate of drug-likeness (QED) is 0.710. The van der Waals surface area contributed by atoms with Gasteiger partial charge < -0.3 is 19.0 Å². The first-order chi connectivity index (χ1) is 10.8. The summed E-state index contributed by atoms with van der Waals surface area (Å²) in [6, 6.07) is 6.01. The van der Waals surface area contributed by atoms with E-state index in [1.54, 1.807) is 26.0 Å². The molecule has 0 radical (unpaired) electrons. The molecule has 2 atom stereocenters. The van der Waals surface area contributed by atoms with Gasteiger partial charge in [-0.25, -0.2) is 4.39 Å². The molecular formula is C17H20ClFO4. The van der Waals surface area contributed by atoms with Gasteiger partial charge in [0.1, 0.15) is 11.9 Å². The largest absolute Gasteiger partial charge is 0.374 e. The molecule has 1 heterocycles. The Kier molecular flexibility index (Phi) is 5.57. The van der Waals surface area contributed by atoms with Crippen molar-refractivity contribution in [1.29, 1.82) is 0 Å². The Balaban J connectivity index is 2.02. The molecule has 1 fully saturated rings. The smallest absolute Gasteiger partial charge is 0.164 e. The molecule has 1 saturated heterocycles. The number of carbonyl (C=O) groups is 1. The molecule has 23 heavy (non-hydrogen) atoms. The van der Waals surface area contributed by atoms with Gasteiger partial charge in [0.05, 0.1) is 13.2 Å². The molecule has 1 aliphatic heterocycles. The van der Waals surface area contributed by atoms with Crippen LogP contribution in [0.2, 0.25) is 0 Å². The number of aldehydes is 1. The van der Waals surface area contributed by atoms with Crippen molar-refractivity contribution >= 4 is 17.9 Å². The minimum absolute atomic E-state index is 0.143. The van der Waals surface area contributed by atoms with Crippen LogP contribution in [0.15, 0.2) is 35.9 Å². The fraction of sp³-hybridized carbons (Fsp3) is 0.471. The number of ether oxygens (including phenoxy) is 3. The van der Waals surface area contributed by atoms with E-state index >= 15 is 0 Å². The molecule has 1 aromatic carbocycles. The minimum Gasteiger partial charge on any atom is -0.374 e. The van der Waals surface area contributed by atoms with E-state index in [0.717, 1.165) is 5.56 Å². The summed E-state index contributed by atoms with van der Waals surface area (Å²) in [6.07, 6.45) is 0.235. The lowest BCUT2D eigenvalue weighted by atomic mass is 9.95. The van der Waals surface area contributed by atoms with Crippen LogP contribution in [0.3, 0.4) is 0 Å². The number of halogens is 2. The van der Waals surface area contributed by atoms with Gasteiger partial charge in [0, 0.05) is 11.5 Å². The Bertz CT molecular complexity index is 572. The van der Waals surface area contributed by atoms with E-state index in [0.29, 0.717) is 11.3 Å². The molecule has 0 bridgehead atoms. The molecule has 0 amide bonds. The highest BCUT2D eigenvalue weighted by Gasteiger charge is 2.53. The van der Waals surface area contributed by atoms with Crippen molar-refractivity contribution in [2.24, 2.45) is 0 Å². The molecule has 0 saturated carbocycles. The molecule has 0 aliphatic carbocycles. The van der Waals surface area contributed by atoms with Gasteiger partial charge >= 0.3 is 0 Å². The number of carbonyl (C=O) groups excluding carboxylic acids is 1. The molecule has 4 nitrogen and oxygen atoms in total. The maximum absolute atomic E-state index is 12.9. The molecule has 0 aromatic heterocycles. The third kappa shape index (κ3) is 4.61. The molecule has 1 aliphatic rings. The van der Waals surface area contributed by atoms with Gasteiger partial charge in [-0.3, -0.25) is 0 Å². The summed E-state index contributed by atoms with van der Waals surface area (Å²) in [5, 5.41) is 0.307. The highest BCUT2D eigenvalue weighted by atomic mass is 35.5. The standard InChI is InChI=1S/C17H20ClFO4/c1-12(18)8-17(11-20)15(22-16(2,3)23-17)10-21-9-13-4-6-14(19)7-5-13/h4-7,11,15H,1,8-10H2,2-3H3/t15-,17-/m1/s1. The maximum atomic E-state index is 12.9. The van der Waals surface area contributed by atoms with Crippen molar-refractivity contribution in [3.8, 4) is 0 Å². The van der Waals surface area contributed by atoms with Gasteiger partial charge in [-0.1, -0.05) is 30.3 Å². The number of hydrogen-bond acceptors (Lipinski definition) is 4. The summed E-state index contributed by atoms with van der Waals surface area (Å²) in [5.41, 5.74) is -0.395. The number of rotatable bonds is 7. The third-order valence-corrected chi connectivity index (χ3v) is 3.66. The van der Waals surface area contributed by atoms with E-state index in [1.807, 2.05) is 0 Å². The van der Waals surface area contributed by atoms with Crippen LogP contribution >= 0.6 is 11.6 Å².